The molecule has 0 saturated carbocycles. The third-order valence-electron chi connectivity index (χ3n) is 4.25. The maximum atomic E-state index is 11.8. The smallest absolute Gasteiger partial charge is 0.231 e. The van der Waals surface area contributed by atoms with Gasteiger partial charge in [0.25, 0.3) is 0 Å². The van der Waals surface area contributed by atoms with E-state index >= 15 is 0 Å². The summed E-state index contributed by atoms with van der Waals surface area (Å²) in [5, 5.41) is 6.18. The monoisotopic (exact) mass is 404 g/mol. The van der Waals surface area contributed by atoms with E-state index in [2.05, 4.69) is 15.5 Å². The molecule has 0 radical (unpaired) electrons. The number of benzene rings is 2. The largest absolute Gasteiger partial charge is 0.315 e. The van der Waals surface area contributed by atoms with E-state index < -0.39 is 0 Å². The van der Waals surface area contributed by atoms with Crippen LogP contribution < -0.4 is 10.3 Å². The minimum absolute atomic E-state index is 0.115. The molecule has 0 aromatic heterocycles. The Morgan fingerprint density at radius 2 is 2.08 bits per heavy atom. The van der Waals surface area contributed by atoms with Crippen LogP contribution in [0.2, 0.25) is 10.0 Å². The summed E-state index contributed by atoms with van der Waals surface area (Å²) < 4.78 is 0. The molecule has 0 bridgehead atoms. The van der Waals surface area contributed by atoms with Gasteiger partial charge in [-0.05, 0) is 41.5 Å². The lowest BCUT2D eigenvalue weighted by atomic mass is 10.1. The minimum atomic E-state index is 0.115. The molecule has 132 valence electrons. The minimum Gasteiger partial charge on any atom is -0.315 e. The Balaban J connectivity index is 1.54. The SMILES string of the molecule is CN1C(=O)Cc2cc(C3=NNC(=Nc4ccc(Cl)cc4Cl)SC3)ccc21. The van der Waals surface area contributed by atoms with E-state index in [1.54, 1.807) is 41.9 Å². The van der Waals surface area contributed by atoms with Crippen molar-refractivity contribution in [2.45, 2.75) is 6.42 Å². The van der Waals surface area contributed by atoms with Crippen molar-refractivity contribution < 1.29 is 4.79 Å². The Morgan fingerprint density at radius 3 is 2.81 bits per heavy atom. The zero-order chi connectivity index (χ0) is 18.3. The van der Waals surface area contributed by atoms with Crippen LogP contribution in [0.1, 0.15) is 11.1 Å². The number of hydrogen-bond acceptors (Lipinski definition) is 4. The fraction of sp³-hybridized carbons (Fsp3) is 0.167. The molecule has 1 N–H and O–H groups in total. The highest BCUT2D eigenvalue weighted by molar-refractivity contribution is 8.14. The standard InChI is InChI=1S/C18H14Cl2N4OS/c1-24-16-5-2-10(6-11(16)7-17(24)25)15-9-26-18(23-22-15)21-14-4-3-12(19)8-13(14)20/h2-6,8H,7,9H2,1H3,(H,21,23). The molecule has 2 aromatic carbocycles. The summed E-state index contributed by atoms with van der Waals surface area (Å²) in [6.07, 6.45) is 0.440. The Morgan fingerprint density at radius 1 is 1.23 bits per heavy atom. The van der Waals surface area contributed by atoms with Gasteiger partial charge in [-0.1, -0.05) is 41.0 Å². The molecule has 26 heavy (non-hydrogen) atoms. The van der Waals surface area contributed by atoms with Crippen LogP contribution in [0.5, 0.6) is 0 Å². The number of anilines is 1. The van der Waals surface area contributed by atoms with Crippen molar-refractivity contribution in [2.24, 2.45) is 10.1 Å². The van der Waals surface area contributed by atoms with Gasteiger partial charge < -0.3 is 4.90 Å². The Hall–Kier alpha value is -2.02. The maximum absolute atomic E-state index is 11.8. The molecule has 0 aliphatic carbocycles. The Bertz CT molecular complexity index is 974. The summed E-state index contributed by atoms with van der Waals surface area (Å²) in [5.74, 6) is 0.795. The van der Waals surface area contributed by atoms with E-state index in [1.165, 1.54) is 0 Å². The second-order valence-electron chi connectivity index (χ2n) is 5.94. The van der Waals surface area contributed by atoms with Crippen LogP contribution >= 0.6 is 35.0 Å². The molecular weight excluding hydrogens is 391 g/mol. The number of amidine groups is 1. The lowest BCUT2D eigenvalue weighted by Gasteiger charge is -2.16. The number of amides is 1. The van der Waals surface area contributed by atoms with Crippen LogP contribution in [0.15, 0.2) is 46.5 Å². The molecule has 0 atom stereocenters. The van der Waals surface area contributed by atoms with Gasteiger partial charge in [-0.2, -0.15) is 5.10 Å². The predicted octanol–water partition coefficient (Wildman–Crippen LogP) is 4.24. The molecule has 1 amide bonds. The van der Waals surface area contributed by atoms with Crippen LogP contribution in [0.4, 0.5) is 11.4 Å². The number of halogens is 2. The summed E-state index contributed by atoms with van der Waals surface area (Å²) in [6, 6.07) is 11.2. The van der Waals surface area contributed by atoms with E-state index in [4.69, 9.17) is 23.2 Å². The summed E-state index contributed by atoms with van der Waals surface area (Å²) in [4.78, 5) is 18.0. The number of carbonyl (C=O) groups is 1. The number of rotatable bonds is 2. The van der Waals surface area contributed by atoms with Gasteiger partial charge in [-0.3, -0.25) is 10.2 Å². The van der Waals surface area contributed by atoms with Gasteiger partial charge in [-0.15, -0.1) is 0 Å². The van der Waals surface area contributed by atoms with Gasteiger partial charge in [0.2, 0.25) is 5.91 Å². The fourth-order valence-corrected chi connectivity index (χ4v) is 4.08. The van der Waals surface area contributed by atoms with Gasteiger partial charge in [0.05, 0.1) is 22.8 Å². The first-order chi connectivity index (χ1) is 12.5. The molecule has 0 fully saturated rings. The summed E-state index contributed by atoms with van der Waals surface area (Å²) in [6.45, 7) is 0. The maximum Gasteiger partial charge on any atom is 0.231 e. The first-order valence-electron chi connectivity index (χ1n) is 7.90. The number of aliphatic imine (C=N–C) groups is 1. The van der Waals surface area contributed by atoms with Crippen molar-refractivity contribution in [2.75, 3.05) is 17.7 Å². The first kappa shape index (κ1) is 17.4. The van der Waals surface area contributed by atoms with Crippen molar-refractivity contribution in [3.8, 4) is 0 Å². The van der Waals surface area contributed by atoms with Crippen molar-refractivity contribution >= 4 is 63.1 Å². The molecule has 0 unspecified atom stereocenters. The lowest BCUT2D eigenvalue weighted by molar-refractivity contribution is -0.117. The average Bonchev–Trinajstić information content (AvgIpc) is 2.92. The number of fused-ring (bicyclic) bond motifs is 1. The van der Waals surface area contributed by atoms with Crippen molar-refractivity contribution in [1.82, 2.24) is 5.43 Å². The lowest BCUT2D eigenvalue weighted by Crippen LogP contribution is -2.25. The highest BCUT2D eigenvalue weighted by Crippen LogP contribution is 2.31. The zero-order valence-corrected chi connectivity index (χ0v) is 16.1. The summed E-state index contributed by atoms with van der Waals surface area (Å²) in [7, 11) is 1.80. The number of hydrogen-bond donors (Lipinski definition) is 1. The molecule has 0 spiro atoms. The van der Waals surface area contributed by atoms with Crippen LogP contribution in [0.3, 0.4) is 0 Å². The number of carbonyl (C=O) groups excluding carboxylic acids is 1. The van der Waals surface area contributed by atoms with Crippen molar-refractivity contribution in [3.63, 3.8) is 0 Å². The molecule has 2 aliphatic heterocycles. The molecule has 2 aromatic rings. The number of thioether (sulfide) groups is 1. The first-order valence-corrected chi connectivity index (χ1v) is 9.64. The highest BCUT2D eigenvalue weighted by atomic mass is 35.5. The fourth-order valence-electron chi connectivity index (χ4n) is 2.85. The Kier molecular flexibility index (Phi) is 4.65. The van der Waals surface area contributed by atoms with E-state index in [0.717, 1.165) is 22.5 Å². The molecular formula is C18H14Cl2N4OS. The highest BCUT2D eigenvalue weighted by Gasteiger charge is 2.25. The second-order valence-corrected chi connectivity index (χ2v) is 7.75. The van der Waals surface area contributed by atoms with Gasteiger partial charge >= 0.3 is 0 Å². The van der Waals surface area contributed by atoms with Gasteiger partial charge in [0, 0.05) is 23.5 Å². The summed E-state index contributed by atoms with van der Waals surface area (Å²) in [5.41, 5.74) is 7.55. The molecule has 2 heterocycles. The molecule has 0 saturated heterocycles. The van der Waals surface area contributed by atoms with Crippen LogP contribution in [0.25, 0.3) is 0 Å². The van der Waals surface area contributed by atoms with E-state index in [1.807, 2.05) is 18.2 Å². The second kappa shape index (κ2) is 6.95. The van der Waals surface area contributed by atoms with Gasteiger partial charge in [-0.25, -0.2) is 4.99 Å². The molecule has 4 rings (SSSR count). The number of likely N-dealkylation sites (N-methyl/N-ethyl adjacent to an activating group) is 1. The van der Waals surface area contributed by atoms with E-state index in [9.17, 15) is 4.79 Å². The van der Waals surface area contributed by atoms with Gasteiger partial charge in [0.15, 0.2) is 5.17 Å². The third kappa shape index (κ3) is 3.32. The van der Waals surface area contributed by atoms with Crippen LogP contribution in [-0.2, 0) is 11.2 Å². The molecule has 5 nitrogen and oxygen atoms in total. The average molecular weight is 405 g/mol. The third-order valence-corrected chi connectivity index (χ3v) is 5.67. The normalized spacial score (nSPS) is 18.0. The quantitative estimate of drug-likeness (QED) is 0.813. The zero-order valence-electron chi connectivity index (χ0n) is 13.8. The van der Waals surface area contributed by atoms with Crippen molar-refractivity contribution in [3.05, 3.63) is 57.6 Å². The van der Waals surface area contributed by atoms with Gasteiger partial charge in [0.1, 0.15) is 0 Å². The van der Waals surface area contributed by atoms with Crippen LogP contribution in [-0.4, -0.2) is 29.6 Å². The van der Waals surface area contributed by atoms with Crippen LogP contribution in [0, 0.1) is 0 Å². The summed E-state index contributed by atoms with van der Waals surface area (Å²) >= 11 is 13.6. The predicted molar refractivity (Wildman–Crippen MR) is 109 cm³/mol. The Labute approximate surface area is 165 Å². The topological polar surface area (TPSA) is 57.1 Å². The van der Waals surface area contributed by atoms with E-state index in [-0.39, 0.29) is 5.91 Å². The molecule has 8 heteroatoms. The molecule has 2 aliphatic rings. The van der Waals surface area contributed by atoms with E-state index in [0.29, 0.717) is 33.1 Å². The number of hydrazone groups is 1. The van der Waals surface area contributed by atoms with Crippen molar-refractivity contribution in [1.29, 1.82) is 0 Å². The number of nitrogens with one attached hydrogen (secondary N) is 1. The number of nitrogens with zero attached hydrogens (tertiary/aromatic N) is 3.